The third kappa shape index (κ3) is 5.56. The standard InChI is InChI=1S/C25H20FN5O2/c26-15-24(32)31-21-10-2-1-9-20(21)17-6-3-7-18(14-17)29-25(33)22-11-4-12-23(30-22)28-19-8-5-13-27-16-19/h1-14,16H,15H2,(H,28,30)(H,29,33)(H,31,32). The summed E-state index contributed by atoms with van der Waals surface area (Å²) >= 11 is 0. The first kappa shape index (κ1) is 21.6. The number of halogens is 1. The molecular formula is C25H20FN5O2. The first-order valence-electron chi connectivity index (χ1n) is 10.1. The summed E-state index contributed by atoms with van der Waals surface area (Å²) in [6, 6.07) is 23.0. The minimum absolute atomic E-state index is 0.241. The van der Waals surface area contributed by atoms with Gasteiger partial charge in [0.25, 0.3) is 11.8 Å². The van der Waals surface area contributed by atoms with Gasteiger partial charge >= 0.3 is 0 Å². The Kier molecular flexibility index (Phi) is 6.65. The number of para-hydroxylation sites is 1. The van der Waals surface area contributed by atoms with Crippen LogP contribution in [0.5, 0.6) is 0 Å². The van der Waals surface area contributed by atoms with Crippen LogP contribution in [0.1, 0.15) is 10.5 Å². The van der Waals surface area contributed by atoms with Gasteiger partial charge in [-0.15, -0.1) is 0 Å². The molecule has 0 aliphatic heterocycles. The highest BCUT2D eigenvalue weighted by Gasteiger charge is 2.12. The Morgan fingerprint density at radius 1 is 0.848 bits per heavy atom. The van der Waals surface area contributed by atoms with Crippen molar-refractivity contribution in [3.63, 3.8) is 0 Å². The lowest BCUT2D eigenvalue weighted by Gasteiger charge is -2.12. The van der Waals surface area contributed by atoms with Crippen LogP contribution in [-0.4, -0.2) is 28.5 Å². The number of pyridine rings is 2. The molecule has 7 nitrogen and oxygen atoms in total. The summed E-state index contributed by atoms with van der Waals surface area (Å²) in [7, 11) is 0. The van der Waals surface area contributed by atoms with Crippen LogP contribution in [0, 0.1) is 0 Å². The molecule has 2 aromatic carbocycles. The van der Waals surface area contributed by atoms with Crippen molar-refractivity contribution in [2.75, 3.05) is 22.6 Å². The highest BCUT2D eigenvalue weighted by molar-refractivity contribution is 6.03. The van der Waals surface area contributed by atoms with Crippen LogP contribution in [0.2, 0.25) is 0 Å². The monoisotopic (exact) mass is 441 g/mol. The normalized spacial score (nSPS) is 10.3. The molecule has 2 amide bonds. The summed E-state index contributed by atoms with van der Waals surface area (Å²) in [5.74, 6) is -0.583. The third-order valence-corrected chi connectivity index (χ3v) is 4.67. The highest BCUT2D eigenvalue weighted by atomic mass is 19.1. The number of nitrogens with one attached hydrogen (secondary N) is 3. The molecule has 0 saturated carbocycles. The van der Waals surface area contributed by atoms with Crippen molar-refractivity contribution >= 4 is 34.7 Å². The number of hydrogen-bond donors (Lipinski definition) is 3. The van der Waals surface area contributed by atoms with Gasteiger partial charge in [0.05, 0.1) is 11.9 Å². The van der Waals surface area contributed by atoms with Crippen LogP contribution >= 0.6 is 0 Å². The number of carbonyl (C=O) groups excluding carboxylic acids is 2. The number of benzene rings is 2. The topological polar surface area (TPSA) is 96.0 Å². The predicted molar refractivity (Wildman–Crippen MR) is 126 cm³/mol. The zero-order valence-electron chi connectivity index (χ0n) is 17.5. The van der Waals surface area contributed by atoms with Gasteiger partial charge in [-0.05, 0) is 48.0 Å². The molecule has 0 radical (unpaired) electrons. The van der Waals surface area contributed by atoms with E-state index in [2.05, 4.69) is 25.9 Å². The predicted octanol–water partition coefficient (Wildman–Crippen LogP) is 5.05. The fraction of sp³-hybridized carbons (Fsp3) is 0.0400. The van der Waals surface area contributed by atoms with Crippen LogP contribution in [0.4, 0.5) is 27.3 Å². The minimum atomic E-state index is -1.11. The lowest BCUT2D eigenvalue weighted by atomic mass is 10.0. The number of hydrogen-bond acceptors (Lipinski definition) is 5. The van der Waals surface area contributed by atoms with E-state index >= 15 is 0 Å². The van der Waals surface area contributed by atoms with E-state index in [1.807, 2.05) is 24.3 Å². The number of aromatic nitrogens is 2. The number of rotatable bonds is 7. The van der Waals surface area contributed by atoms with Crippen LogP contribution in [0.25, 0.3) is 11.1 Å². The van der Waals surface area contributed by atoms with Crippen LogP contribution in [-0.2, 0) is 4.79 Å². The van der Waals surface area contributed by atoms with Crippen molar-refractivity contribution in [2.45, 2.75) is 0 Å². The Morgan fingerprint density at radius 3 is 2.48 bits per heavy atom. The van der Waals surface area contributed by atoms with E-state index in [-0.39, 0.29) is 11.6 Å². The van der Waals surface area contributed by atoms with Crippen molar-refractivity contribution < 1.29 is 14.0 Å². The van der Waals surface area contributed by atoms with Crippen molar-refractivity contribution in [3.05, 3.63) is 97.0 Å². The molecule has 3 N–H and O–H groups in total. The average molecular weight is 441 g/mol. The molecule has 0 fully saturated rings. The van der Waals surface area contributed by atoms with E-state index in [0.29, 0.717) is 22.8 Å². The van der Waals surface area contributed by atoms with Gasteiger partial charge in [-0.1, -0.05) is 36.4 Å². The molecule has 164 valence electrons. The van der Waals surface area contributed by atoms with Gasteiger partial charge in [0, 0.05) is 23.1 Å². The lowest BCUT2D eigenvalue weighted by Crippen LogP contribution is -2.14. The number of anilines is 4. The largest absolute Gasteiger partial charge is 0.339 e. The van der Waals surface area contributed by atoms with E-state index in [4.69, 9.17) is 0 Å². The van der Waals surface area contributed by atoms with Gasteiger partial charge in [0.1, 0.15) is 11.5 Å². The maximum atomic E-state index is 12.8. The number of amides is 2. The second kappa shape index (κ2) is 10.1. The molecule has 0 aliphatic rings. The lowest BCUT2D eigenvalue weighted by molar-refractivity contribution is -0.117. The summed E-state index contributed by atoms with van der Waals surface area (Å²) in [4.78, 5) is 32.7. The molecule has 0 saturated heterocycles. The van der Waals surface area contributed by atoms with Gasteiger partial charge in [-0.25, -0.2) is 9.37 Å². The second-order valence-electron chi connectivity index (χ2n) is 7.04. The van der Waals surface area contributed by atoms with Crippen molar-refractivity contribution in [2.24, 2.45) is 0 Å². The minimum Gasteiger partial charge on any atom is -0.339 e. The Bertz CT molecular complexity index is 1280. The van der Waals surface area contributed by atoms with Crippen LogP contribution < -0.4 is 16.0 Å². The number of alkyl halides is 1. The third-order valence-electron chi connectivity index (χ3n) is 4.67. The van der Waals surface area contributed by atoms with E-state index in [1.165, 1.54) is 0 Å². The smallest absolute Gasteiger partial charge is 0.274 e. The molecule has 8 heteroatoms. The Labute approximate surface area is 189 Å². The van der Waals surface area contributed by atoms with Gasteiger partial charge in [0.2, 0.25) is 0 Å². The van der Waals surface area contributed by atoms with E-state index in [0.717, 1.165) is 11.3 Å². The summed E-state index contributed by atoms with van der Waals surface area (Å²) in [6.07, 6.45) is 3.33. The number of nitrogens with zero attached hydrogens (tertiary/aromatic N) is 2. The first-order valence-corrected chi connectivity index (χ1v) is 10.1. The van der Waals surface area contributed by atoms with Crippen molar-refractivity contribution in [1.29, 1.82) is 0 Å². The van der Waals surface area contributed by atoms with Gasteiger partial charge < -0.3 is 16.0 Å². The quantitative estimate of drug-likeness (QED) is 0.373. The molecule has 0 aliphatic carbocycles. The molecule has 0 unspecified atom stereocenters. The Balaban J connectivity index is 1.52. The molecule has 2 aromatic heterocycles. The molecular weight excluding hydrogens is 421 g/mol. The molecule has 0 spiro atoms. The van der Waals surface area contributed by atoms with Gasteiger partial charge in [-0.2, -0.15) is 0 Å². The Morgan fingerprint density at radius 2 is 1.67 bits per heavy atom. The van der Waals surface area contributed by atoms with Gasteiger partial charge in [-0.3, -0.25) is 14.6 Å². The Hall–Kier alpha value is -4.59. The first-order chi connectivity index (χ1) is 16.1. The zero-order chi connectivity index (χ0) is 23.0. The molecule has 4 rings (SSSR count). The zero-order valence-corrected chi connectivity index (χ0v) is 17.5. The van der Waals surface area contributed by atoms with E-state index in [1.54, 1.807) is 67.0 Å². The second-order valence-corrected chi connectivity index (χ2v) is 7.04. The summed E-state index contributed by atoms with van der Waals surface area (Å²) < 4.78 is 12.7. The fourth-order valence-electron chi connectivity index (χ4n) is 3.20. The average Bonchev–Trinajstić information content (AvgIpc) is 2.85. The molecule has 0 atom stereocenters. The van der Waals surface area contributed by atoms with Crippen molar-refractivity contribution in [1.82, 2.24) is 9.97 Å². The SMILES string of the molecule is O=C(CF)Nc1ccccc1-c1cccc(NC(=O)c2cccc(Nc3cccnc3)n2)c1. The summed E-state index contributed by atoms with van der Waals surface area (Å²) in [6.45, 7) is -1.11. The molecule has 4 aromatic rings. The van der Waals surface area contributed by atoms with E-state index < -0.39 is 12.6 Å². The van der Waals surface area contributed by atoms with Crippen LogP contribution in [0.15, 0.2) is 91.3 Å². The number of carbonyl (C=O) groups is 2. The van der Waals surface area contributed by atoms with E-state index in [9.17, 15) is 14.0 Å². The summed E-state index contributed by atoms with van der Waals surface area (Å²) in [5.41, 5.74) is 3.49. The van der Waals surface area contributed by atoms with Crippen molar-refractivity contribution in [3.8, 4) is 11.1 Å². The van der Waals surface area contributed by atoms with Crippen LogP contribution in [0.3, 0.4) is 0 Å². The highest BCUT2D eigenvalue weighted by Crippen LogP contribution is 2.29. The summed E-state index contributed by atoms with van der Waals surface area (Å²) in [5, 5.41) is 8.50. The maximum Gasteiger partial charge on any atom is 0.274 e. The maximum absolute atomic E-state index is 12.8. The molecule has 0 bridgehead atoms. The molecule has 2 heterocycles. The van der Waals surface area contributed by atoms with Gasteiger partial charge in [0.15, 0.2) is 6.67 Å². The molecule has 33 heavy (non-hydrogen) atoms. The fourth-order valence-corrected chi connectivity index (χ4v) is 3.20.